The molecule has 0 radical (unpaired) electrons. The number of carbonyl (C=O) groups is 2. The Morgan fingerprint density at radius 3 is 2.31 bits per heavy atom. The summed E-state index contributed by atoms with van der Waals surface area (Å²) < 4.78 is 57.0. The summed E-state index contributed by atoms with van der Waals surface area (Å²) in [5, 5.41) is 5.17. The molecule has 2 amide bonds. The predicted octanol–water partition coefficient (Wildman–Crippen LogP) is 4.67. The van der Waals surface area contributed by atoms with Crippen LogP contribution in [0, 0.1) is 17.7 Å². The summed E-state index contributed by atoms with van der Waals surface area (Å²) in [6.45, 7) is 5.28. The number of anilines is 2. The Hall–Kier alpha value is -4.60. The Kier molecular flexibility index (Phi) is 10.9. The molecule has 10 nitrogen and oxygen atoms in total. The molecule has 0 fully saturated rings. The van der Waals surface area contributed by atoms with Crippen molar-refractivity contribution in [3.05, 3.63) is 83.7 Å². The second-order valence-corrected chi connectivity index (χ2v) is 11.6. The van der Waals surface area contributed by atoms with E-state index in [1.165, 1.54) is 49.6 Å². The van der Waals surface area contributed by atoms with E-state index in [4.69, 9.17) is 14.2 Å². The van der Waals surface area contributed by atoms with Crippen molar-refractivity contribution in [2.24, 2.45) is 0 Å². The Bertz CT molecular complexity index is 1560. The molecule has 42 heavy (non-hydrogen) atoms. The number of methoxy groups -OCH3 is 1. The number of ether oxygens (including phenoxy) is 3. The van der Waals surface area contributed by atoms with Crippen LogP contribution in [0.15, 0.2) is 71.6 Å². The first-order valence-corrected chi connectivity index (χ1v) is 14.2. The highest BCUT2D eigenvalue weighted by atomic mass is 32.2. The van der Waals surface area contributed by atoms with Gasteiger partial charge in [0.05, 0.1) is 36.5 Å². The molecule has 3 N–H and O–H groups in total. The van der Waals surface area contributed by atoms with Gasteiger partial charge in [-0.25, -0.2) is 17.6 Å². The van der Waals surface area contributed by atoms with E-state index in [2.05, 4.69) is 27.2 Å². The van der Waals surface area contributed by atoms with E-state index in [-0.39, 0.29) is 47.8 Å². The number of hydrogen-bond donors (Lipinski definition) is 3. The molecule has 0 unspecified atom stereocenters. The van der Waals surface area contributed by atoms with Crippen LogP contribution in [0.5, 0.6) is 5.75 Å². The van der Waals surface area contributed by atoms with Gasteiger partial charge in [0, 0.05) is 11.6 Å². The van der Waals surface area contributed by atoms with Crippen molar-refractivity contribution >= 4 is 33.4 Å². The summed E-state index contributed by atoms with van der Waals surface area (Å²) >= 11 is 0. The number of hydrogen-bond acceptors (Lipinski definition) is 7. The zero-order valence-corrected chi connectivity index (χ0v) is 24.4. The van der Waals surface area contributed by atoms with Gasteiger partial charge in [-0.2, -0.15) is 0 Å². The third-order valence-electron chi connectivity index (χ3n) is 5.28. The van der Waals surface area contributed by atoms with Gasteiger partial charge in [0.2, 0.25) is 5.91 Å². The molecule has 0 saturated carbocycles. The number of nitrogens with one attached hydrogen (secondary N) is 3. The summed E-state index contributed by atoms with van der Waals surface area (Å²) in [4.78, 5) is 24.0. The largest absolute Gasteiger partial charge is 0.494 e. The Balaban J connectivity index is 1.51. The average Bonchev–Trinajstić information content (AvgIpc) is 2.92. The van der Waals surface area contributed by atoms with Crippen molar-refractivity contribution in [2.45, 2.75) is 37.9 Å². The topological polar surface area (TPSA) is 132 Å². The third-order valence-corrected chi connectivity index (χ3v) is 6.67. The van der Waals surface area contributed by atoms with Crippen molar-refractivity contribution in [3.8, 4) is 17.6 Å². The minimum Gasteiger partial charge on any atom is -0.494 e. The van der Waals surface area contributed by atoms with Crippen LogP contribution < -0.4 is 20.1 Å². The minimum atomic E-state index is -3.94. The standard InChI is InChI=1S/C30H32FN3O7S/c1-30(2,3)41-29(36)33-26-16-13-24(18-27(26)39-4)34-42(37,38)25-14-9-21(10-15-25)6-5-17-32-28(35)20-40-19-22-7-11-23(31)12-8-22/h7-16,18,34H,17,19-20H2,1-4H3,(H,32,35)(H,33,36). The van der Waals surface area contributed by atoms with Crippen LogP contribution >= 0.6 is 0 Å². The van der Waals surface area contributed by atoms with Crippen molar-refractivity contribution in [1.29, 1.82) is 0 Å². The molecule has 0 heterocycles. The summed E-state index contributed by atoms with van der Waals surface area (Å²) in [5.41, 5.74) is 1.15. The van der Waals surface area contributed by atoms with Crippen molar-refractivity contribution in [2.75, 3.05) is 30.3 Å². The monoisotopic (exact) mass is 597 g/mol. The lowest BCUT2D eigenvalue weighted by Crippen LogP contribution is -2.27. The Morgan fingerprint density at radius 2 is 1.67 bits per heavy atom. The van der Waals surface area contributed by atoms with Gasteiger partial charge in [-0.1, -0.05) is 24.0 Å². The molecule has 0 spiro atoms. The van der Waals surface area contributed by atoms with Gasteiger partial charge in [0.15, 0.2) is 0 Å². The highest BCUT2D eigenvalue weighted by Gasteiger charge is 2.19. The van der Waals surface area contributed by atoms with Gasteiger partial charge in [-0.15, -0.1) is 0 Å². The van der Waals surface area contributed by atoms with Crippen LogP contribution in [0.3, 0.4) is 0 Å². The normalized spacial score (nSPS) is 11.1. The van der Waals surface area contributed by atoms with E-state index in [9.17, 15) is 22.4 Å². The molecular weight excluding hydrogens is 565 g/mol. The fourth-order valence-corrected chi connectivity index (χ4v) is 4.43. The highest BCUT2D eigenvalue weighted by Crippen LogP contribution is 2.29. The van der Waals surface area contributed by atoms with Gasteiger partial charge >= 0.3 is 6.09 Å². The lowest BCUT2D eigenvalue weighted by Gasteiger charge is -2.20. The average molecular weight is 598 g/mol. The molecule has 0 aromatic heterocycles. The first-order valence-electron chi connectivity index (χ1n) is 12.7. The number of benzene rings is 3. The molecule has 12 heteroatoms. The zero-order chi connectivity index (χ0) is 30.8. The van der Waals surface area contributed by atoms with E-state index in [1.54, 1.807) is 45.0 Å². The molecule has 0 saturated heterocycles. The molecule has 222 valence electrons. The fraction of sp³-hybridized carbons (Fsp3) is 0.267. The first-order chi connectivity index (χ1) is 19.8. The zero-order valence-electron chi connectivity index (χ0n) is 23.6. The fourth-order valence-electron chi connectivity index (χ4n) is 3.39. The van der Waals surface area contributed by atoms with Crippen LogP contribution in [-0.2, 0) is 30.9 Å². The number of carbonyl (C=O) groups excluding carboxylic acids is 2. The van der Waals surface area contributed by atoms with Gasteiger partial charge in [-0.3, -0.25) is 14.8 Å². The molecule has 0 aliphatic heterocycles. The minimum absolute atomic E-state index is 0.00887. The smallest absolute Gasteiger partial charge is 0.412 e. The lowest BCUT2D eigenvalue weighted by atomic mass is 10.2. The number of rotatable bonds is 10. The highest BCUT2D eigenvalue weighted by molar-refractivity contribution is 7.92. The SMILES string of the molecule is COc1cc(NS(=O)(=O)c2ccc(C#CCNC(=O)COCc3ccc(F)cc3)cc2)ccc1NC(=O)OC(C)(C)C. The second-order valence-electron chi connectivity index (χ2n) is 9.87. The number of sulfonamides is 1. The van der Waals surface area contributed by atoms with Crippen LogP contribution in [0.2, 0.25) is 0 Å². The molecule has 0 aliphatic carbocycles. The maximum Gasteiger partial charge on any atom is 0.412 e. The summed E-state index contributed by atoms with van der Waals surface area (Å²) in [7, 11) is -2.55. The van der Waals surface area contributed by atoms with Gasteiger partial charge < -0.3 is 19.5 Å². The van der Waals surface area contributed by atoms with Crippen molar-refractivity contribution in [1.82, 2.24) is 5.32 Å². The summed E-state index contributed by atoms with van der Waals surface area (Å²) in [6.07, 6.45) is -0.674. The van der Waals surface area contributed by atoms with Gasteiger partial charge in [0.1, 0.15) is 23.8 Å². The molecule has 0 bridgehead atoms. The first kappa shape index (κ1) is 31.9. The summed E-state index contributed by atoms with van der Waals surface area (Å²) in [5.74, 6) is 5.17. The van der Waals surface area contributed by atoms with Crippen LogP contribution in [0.25, 0.3) is 0 Å². The van der Waals surface area contributed by atoms with E-state index in [0.717, 1.165) is 5.56 Å². The predicted molar refractivity (Wildman–Crippen MR) is 156 cm³/mol. The van der Waals surface area contributed by atoms with E-state index < -0.39 is 21.7 Å². The van der Waals surface area contributed by atoms with Crippen LogP contribution in [-0.4, -0.2) is 46.3 Å². The molecule has 3 aromatic rings. The number of halogens is 1. The number of amides is 2. The second kappa shape index (κ2) is 14.3. The Morgan fingerprint density at radius 1 is 0.976 bits per heavy atom. The van der Waals surface area contributed by atoms with E-state index in [0.29, 0.717) is 11.3 Å². The lowest BCUT2D eigenvalue weighted by molar-refractivity contribution is -0.125. The maximum atomic E-state index is 12.9. The molecule has 3 aromatic carbocycles. The van der Waals surface area contributed by atoms with Crippen molar-refractivity contribution in [3.63, 3.8) is 0 Å². The summed E-state index contributed by atoms with van der Waals surface area (Å²) in [6, 6.07) is 16.1. The van der Waals surface area contributed by atoms with Gasteiger partial charge in [0.25, 0.3) is 10.0 Å². The van der Waals surface area contributed by atoms with E-state index in [1.807, 2.05) is 0 Å². The quantitative estimate of drug-likeness (QED) is 0.290. The Labute approximate surface area is 244 Å². The van der Waals surface area contributed by atoms with Crippen LogP contribution in [0.1, 0.15) is 31.9 Å². The molecule has 0 atom stereocenters. The van der Waals surface area contributed by atoms with Gasteiger partial charge in [-0.05, 0) is 74.9 Å². The molecular formula is C30H32FN3O7S. The van der Waals surface area contributed by atoms with Crippen LogP contribution in [0.4, 0.5) is 20.6 Å². The molecule has 0 aliphatic rings. The van der Waals surface area contributed by atoms with Crippen molar-refractivity contribution < 1.29 is 36.6 Å². The van der Waals surface area contributed by atoms with E-state index >= 15 is 0 Å². The third kappa shape index (κ3) is 10.4. The molecule has 3 rings (SSSR count). The maximum absolute atomic E-state index is 12.9.